The number of fused-ring (bicyclic) bond motifs is 5. The molecular formula is C45H28N2. The molecule has 9 rings (SSSR count). The summed E-state index contributed by atoms with van der Waals surface area (Å²) in [5.41, 5.74) is 10.8. The van der Waals surface area contributed by atoms with Gasteiger partial charge in [0.1, 0.15) is 0 Å². The monoisotopic (exact) mass is 596 g/mol. The van der Waals surface area contributed by atoms with Crippen molar-refractivity contribution < 1.29 is 0 Å². The van der Waals surface area contributed by atoms with E-state index in [4.69, 9.17) is 0 Å². The van der Waals surface area contributed by atoms with Crippen molar-refractivity contribution in [3.05, 3.63) is 175 Å². The maximum Gasteiger partial charge on any atom is 0.0992 e. The van der Waals surface area contributed by atoms with Crippen molar-refractivity contribution in [1.82, 2.24) is 4.57 Å². The van der Waals surface area contributed by atoms with Crippen LogP contribution in [0.25, 0.3) is 82.4 Å². The molecule has 1 aromatic heterocycles. The van der Waals surface area contributed by atoms with Gasteiger partial charge >= 0.3 is 0 Å². The predicted octanol–water partition coefficient (Wildman–Crippen LogP) is 12.0. The molecule has 0 bridgehead atoms. The average Bonchev–Trinajstić information content (AvgIpc) is 3.48. The van der Waals surface area contributed by atoms with Crippen molar-refractivity contribution in [1.29, 1.82) is 5.26 Å². The summed E-state index contributed by atoms with van der Waals surface area (Å²) >= 11 is 0. The van der Waals surface area contributed by atoms with Crippen LogP contribution in [0.15, 0.2) is 170 Å². The van der Waals surface area contributed by atoms with E-state index >= 15 is 0 Å². The van der Waals surface area contributed by atoms with E-state index in [2.05, 4.69) is 168 Å². The Balaban J connectivity index is 1.28. The summed E-state index contributed by atoms with van der Waals surface area (Å²) < 4.78 is 2.28. The van der Waals surface area contributed by atoms with E-state index in [0.717, 1.165) is 33.4 Å². The fourth-order valence-corrected chi connectivity index (χ4v) is 7.38. The molecular weight excluding hydrogens is 569 g/mol. The van der Waals surface area contributed by atoms with Crippen molar-refractivity contribution in [3.63, 3.8) is 0 Å². The topological polar surface area (TPSA) is 28.7 Å². The molecule has 0 spiro atoms. The zero-order valence-corrected chi connectivity index (χ0v) is 25.6. The van der Waals surface area contributed by atoms with Gasteiger partial charge in [-0.05, 0) is 91.3 Å². The summed E-state index contributed by atoms with van der Waals surface area (Å²) in [6.45, 7) is 0. The van der Waals surface area contributed by atoms with Crippen molar-refractivity contribution in [3.8, 4) is 45.1 Å². The van der Waals surface area contributed by atoms with Crippen LogP contribution in [0.5, 0.6) is 0 Å². The fourth-order valence-electron chi connectivity index (χ4n) is 7.38. The van der Waals surface area contributed by atoms with E-state index in [1.165, 1.54) is 49.0 Å². The summed E-state index contributed by atoms with van der Waals surface area (Å²) in [6.07, 6.45) is 0. The van der Waals surface area contributed by atoms with Crippen LogP contribution < -0.4 is 0 Å². The van der Waals surface area contributed by atoms with Crippen LogP contribution in [-0.4, -0.2) is 4.57 Å². The van der Waals surface area contributed by atoms with Crippen LogP contribution in [-0.2, 0) is 0 Å². The molecule has 0 amide bonds. The molecule has 8 aromatic carbocycles. The maximum atomic E-state index is 10.2. The van der Waals surface area contributed by atoms with Gasteiger partial charge in [0.2, 0.25) is 0 Å². The number of hydrogen-bond donors (Lipinski definition) is 0. The van der Waals surface area contributed by atoms with Crippen molar-refractivity contribution in [2.45, 2.75) is 0 Å². The number of para-hydroxylation sites is 2. The second-order valence-electron chi connectivity index (χ2n) is 12.0. The molecule has 0 aliphatic rings. The number of benzene rings is 8. The Hall–Kier alpha value is -6.43. The van der Waals surface area contributed by atoms with Gasteiger partial charge < -0.3 is 4.57 Å². The predicted molar refractivity (Wildman–Crippen MR) is 197 cm³/mol. The number of nitrogens with zero attached hydrogens (tertiary/aromatic N) is 2. The third kappa shape index (κ3) is 4.33. The highest BCUT2D eigenvalue weighted by atomic mass is 15.0. The molecule has 0 N–H and O–H groups in total. The zero-order valence-electron chi connectivity index (χ0n) is 25.6. The van der Waals surface area contributed by atoms with Gasteiger partial charge in [0, 0.05) is 16.5 Å². The molecule has 1 heterocycles. The van der Waals surface area contributed by atoms with Gasteiger partial charge in [-0.15, -0.1) is 0 Å². The van der Waals surface area contributed by atoms with Crippen LogP contribution in [0.2, 0.25) is 0 Å². The molecule has 0 aliphatic heterocycles. The number of aromatic nitrogens is 1. The first-order valence-electron chi connectivity index (χ1n) is 15.9. The molecule has 0 fully saturated rings. The Morgan fingerprint density at radius 3 is 1.40 bits per heavy atom. The molecule has 0 unspecified atom stereocenters. The molecule has 0 atom stereocenters. The molecule has 218 valence electrons. The lowest BCUT2D eigenvalue weighted by Gasteiger charge is -2.18. The van der Waals surface area contributed by atoms with Crippen molar-refractivity contribution in [2.24, 2.45) is 0 Å². The number of nitriles is 1. The summed E-state index contributed by atoms with van der Waals surface area (Å²) in [5, 5.41) is 17.5. The Bertz CT molecular complexity index is 2580. The fraction of sp³-hybridized carbons (Fsp3) is 0. The lowest BCUT2D eigenvalue weighted by atomic mass is 9.85. The van der Waals surface area contributed by atoms with Gasteiger partial charge in [-0.2, -0.15) is 5.26 Å². The Morgan fingerprint density at radius 2 is 0.830 bits per heavy atom. The Morgan fingerprint density at radius 1 is 0.362 bits per heavy atom. The van der Waals surface area contributed by atoms with Crippen LogP contribution in [0.1, 0.15) is 5.56 Å². The van der Waals surface area contributed by atoms with Crippen molar-refractivity contribution >= 4 is 43.4 Å². The average molecular weight is 597 g/mol. The maximum absolute atomic E-state index is 10.2. The molecule has 9 aromatic rings. The van der Waals surface area contributed by atoms with E-state index in [0.29, 0.717) is 5.56 Å². The minimum absolute atomic E-state index is 0.632. The van der Waals surface area contributed by atoms with Gasteiger partial charge in [-0.25, -0.2) is 0 Å². The first kappa shape index (κ1) is 26.9. The standard InChI is InChI=1S/C45H28N2/c46-29-30-25-34(28-35(26-30)47-42-23-10-8-17-36(42)37-18-9-11-24-43(37)47)32-15-12-16-33(27-32)45-40-21-6-4-19-38(40)44(31-13-2-1-3-14-31)39-20-5-7-22-41(39)45/h1-28H. The first-order chi connectivity index (χ1) is 23.3. The van der Waals surface area contributed by atoms with Crippen LogP contribution in [0.4, 0.5) is 0 Å². The van der Waals surface area contributed by atoms with Crippen molar-refractivity contribution in [2.75, 3.05) is 0 Å². The highest BCUT2D eigenvalue weighted by molar-refractivity contribution is 6.21. The van der Waals surface area contributed by atoms with Crippen LogP contribution in [0, 0.1) is 11.3 Å². The lowest BCUT2D eigenvalue weighted by molar-refractivity contribution is 1.18. The highest BCUT2D eigenvalue weighted by Crippen LogP contribution is 2.44. The van der Waals surface area contributed by atoms with Gasteiger partial charge in [0.15, 0.2) is 0 Å². The first-order valence-corrected chi connectivity index (χ1v) is 15.9. The van der Waals surface area contributed by atoms with E-state index in [1.807, 2.05) is 12.1 Å². The van der Waals surface area contributed by atoms with Gasteiger partial charge in [0.05, 0.1) is 22.7 Å². The van der Waals surface area contributed by atoms with E-state index in [-0.39, 0.29) is 0 Å². The molecule has 0 saturated carbocycles. The summed E-state index contributed by atoms with van der Waals surface area (Å²) in [6, 6.07) is 62.6. The number of rotatable bonds is 4. The molecule has 2 nitrogen and oxygen atoms in total. The number of hydrogen-bond acceptors (Lipinski definition) is 1. The largest absolute Gasteiger partial charge is 0.309 e. The molecule has 0 saturated heterocycles. The normalized spacial score (nSPS) is 11.4. The summed E-state index contributed by atoms with van der Waals surface area (Å²) in [7, 11) is 0. The lowest BCUT2D eigenvalue weighted by Crippen LogP contribution is -1.96. The third-order valence-electron chi connectivity index (χ3n) is 9.36. The van der Waals surface area contributed by atoms with Gasteiger partial charge in [-0.3, -0.25) is 0 Å². The molecule has 0 aliphatic carbocycles. The molecule has 47 heavy (non-hydrogen) atoms. The van der Waals surface area contributed by atoms with E-state index < -0.39 is 0 Å². The van der Waals surface area contributed by atoms with E-state index in [1.54, 1.807) is 0 Å². The zero-order chi connectivity index (χ0) is 31.3. The van der Waals surface area contributed by atoms with E-state index in [9.17, 15) is 5.26 Å². The van der Waals surface area contributed by atoms with Crippen LogP contribution in [0.3, 0.4) is 0 Å². The van der Waals surface area contributed by atoms with Crippen LogP contribution >= 0.6 is 0 Å². The smallest absolute Gasteiger partial charge is 0.0992 e. The minimum atomic E-state index is 0.632. The minimum Gasteiger partial charge on any atom is -0.309 e. The second kappa shape index (κ2) is 10.9. The molecule has 0 radical (unpaired) electrons. The highest BCUT2D eigenvalue weighted by Gasteiger charge is 2.18. The molecule has 2 heteroatoms. The summed E-state index contributed by atoms with van der Waals surface area (Å²) in [4.78, 5) is 0. The SMILES string of the molecule is N#Cc1cc(-c2cccc(-c3c4ccccc4c(-c4ccccc4)c4ccccc34)c2)cc(-n2c3ccccc3c3ccccc32)c1. The Labute approximate surface area is 273 Å². The Kier molecular flexibility index (Phi) is 6.23. The quantitative estimate of drug-likeness (QED) is 0.186. The van der Waals surface area contributed by atoms with Gasteiger partial charge in [-0.1, -0.05) is 133 Å². The van der Waals surface area contributed by atoms with Gasteiger partial charge in [0.25, 0.3) is 0 Å². The summed E-state index contributed by atoms with van der Waals surface area (Å²) in [5.74, 6) is 0. The third-order valence-corrected chi connectivity index (χ3v) is 9.36. The second-order valence-corrected chi connectivity index (χ2v) is 12.0.